The minimum absolute atomic E-state index is 0.00276. The Morgan fingerprint density at radius 1 is 1.02 bits per heavy atom. The Labute approximate surface area is 270 Å². The lowest BCUT2D eigenvalue weighted by Crippen LogP contribution is -2.62. The lowest BCUT2D eigenvalue weighted by Gasteiger charge is -2.44. The summed E-state index contributed by atoms with van der Waals surface area (Å²) in [7, 11) is 1.17. The molecular weight excluding hydrogens is 624 g/mol. The predicted octanol–water partition coefficient (Wildman–Crippen LogP) is 0.304. The molecule has 1 aliphatic rings. The summed E-state index contributed by atoms with van der Waals surface area (Å²) in [5.41, 5.74) is 15.5. The summed E-state index contributed by atoms with van der Waals surface area (Å²) in [6.45, 7) is 4.54. The van der Waals surface area contributed by atoms with Crippen molar-refractivity contribution >= 4 is 35.6 Å². The topological polar surface area (TPSA) is 257 Å². The van der Waals surface area contributed by atoms with Gasteiger partial charge in [0.2, 0.25) is 17.7 Å². The Morgan fingerprint density at radius 2 is 1.70 bits per heavy atom. The fourth-order valence-corrected chi connectivity index (χ4v) is 4.43. The van der Waals surface area contributed by atoms with Crippen molar-refractivity contribution in [3.8, 4) is 0 Å². The molecule has 18 heteroatoms. The molecule has 1 aliphatic heterocycles. The van der Waals surface area contributed by atoms with Gasteiger partial charge in [0.1, 0.15) is 43.0 Å². The number of amides is 3. The highest BCUT2D eigenvalue weighted by molar-refractivity contribution is 5.92. The van der Waals surface area contributed by atoms with Crippen LogP contribution in [0.25, 0.3) is 10.4 Å². The Balaban J connectivity index is 2.27. The highest BCUT2D eigenvalue weighted by atomic mass is 16.7. The third-order valence-corrected chi connectivity index (χ3v) is 6.82. The molecular formula is C29H40N6O12. The molecule has 1 heterocycles. The molecule has 3 amide bonds. The van der Waals surface area contributed by atoms with E-state index in [2.05, 4.69) is 25.4 Å². The van der Waals surface area contributed by atoms with E-state index in [0.717, 1.165) is 12.5 Å². The van der Waals surface area contributed by atoms with E-state index in [1.807, 2.05) is 6.07 Å². The summed E-state index contributed by atoms with van der Waals surface area (Å²) in [5, 5.41) is 8.58. The average molecular weight is 665 g/mol. The molecule has 0 radical (unpaired) electrons. The van der Waals surface area contributed by atoms with E-state index in [1.54, 1.807) is 24.3 Å². The minimum Gasteiger partial charge on any atom is -0.469 e. The quantitative estimate of drug-likeness (QED) is 0.0668. The Hall–Kier alpha value is -4.77. The first-order valence-electron chi connectivity index (χ1n) is 14.5. The van der Waals surface area contributed by atoms with Gasteiger partial charge in [0.25, 0.3) is 0 Å². The van der Waals surface area contributed by atoms with Gasteiger partial charge in [-0.15, -0.1) is 0 Å². The Morgan fingerprint density at radius 3 is 2.28 bits per heavy atom. The first kappa shape index (κ1) is 38.4. The van der Waals surface area contributed by atoms with Gasteiger partial charge in [-0.05, 0) is 31.4 Å². The zero-order valence-electron chi connectivity index (χ0n) is 26.7. The number of benzene rings is 1. The van der Waals surface area contributed by atoms with Crippen LogP contribution in [0, 0.1) is 0 Å². The van der Waals surface area contributed by atoms with Crippen LogP contribution in [0.2, 0.25) is 0 Å². The molecule has 1 aromatic carbocycles. The Bertz CT molecular complexity index is 1310. The number of rotatable bonds is 17. The summed E-state index contributed by atoms with van der Waals surface area (Å²) < 4.78 is 33.0. The van der Waals surface area contributed by atoms with Crippen molar-refractivity contribution in [2.24, 2.45) is 10.8 Å². The molecule has 47 heavy (non-hydrogen) atoms. The summed E-state index contributed by atoms with van der Waals surface area (Å²) in [6.07, 6.45) is -6.87. The number of ether oxygens (including phenoxy) is 6. The van der Waals surface area contributed by atoms with Gasteiger partial charge in [-0.25, -0.2) is 0 Å². The Kier molecular flexibility index (Phi) is 15.5. The number of primary amides is 1. The van der Waals surface area contributed by atoms with E-state index in [0.29, 0.717) is 0 Å². The van der Waals surface area contributed by atoms with Crippen molar-refractivity contribution in [2.75, 3.05) is 13.7 Å². The van der Waals surface area contributed by atoms with Crippen LogP contribution in [0.15, 0.2) is 35.4 Å². The van der Waals surface area contributed by atoms with Crippen LogP contribution in [-0.2, 0) is 63.8 Å². The second-order valence-electron chi connectivity index (χ2n) is 10.5. The number of methoxy groups -OCH3 is 1. The number of hydrogen-bond donors (Lipinski definition) is 3. The van der Waals surface area contributed by atoms with Gasteiger partial charge < -0.3 is 44.8 Å². The molecule has 1 saturated heterocycles. The fourth-order valence-electron chi connectivity index (χ4n) is 4.43. The van der Waals surface area contributed by atoms with E-state index >= 15 is 0 Å². The molecule has 258 valence electrons. The monoisotopic (exact) mass is 664 g/mol. The molecule has 0 aliphatic carbocycles. The number of nitrogens with zero attached hydrogens (tertiary/aromatic N) is 3. The lowest BCUT2D eigenvalue weighted by molar-refractivity contribution is -0.283. The smallest absolute Gasteiger partial charge is 0.305 e. The van der Waals surface area contributed by atoms with Gasteiger partial charge in [-0.3, -0.25) is 28.8 Å². The second-order valence-corrected chi connectivity index (χ2v) is 10.5. The van der Waals surface area contributed by atoms with E-state index in [1.165, 1.54) is 27.9 Å². The lowest BCUT2D eigenvalue weighted by atomic mass is 9.96. The highest BCUT2D eigenvalue weighted by Crippen LogP contribution is 2.31. The van der Waals surface area contributed by atoms with Gasteiger partial charge >= 0.3 is 17.9 Å². The maximum Gasteiger partial charge on any atom is 0.305 e. The van der Waals surface area contributed by atoms with E-state index in [9.17, 15) is 34.3 Å². The molecule has 1 fully saturated rings. The number of esters is 3. The van der Waals surface area contributed by atoms with Crippen molar-refractivity contribution in [3.63, 3.8) is 0 Å². The highest BCUT2D eigenvalue weighted by Gasteiger charge is 2.50. The summed E-state index contributed by atoms with van der Waals surface area (Å²) in [5.74, 6) is -4.54. The maximum atomic E-state index is 13.2. The van der Waals surface area contributed by atoms with Gasteiger partial charge in [0.05, 0.1) is 13.7 Å². The third kappa shape index (κ3) is 12.5. The molecule has 0 unspecified atom stereocenters. The molecule has 4 N–H and O–H groups in total. The summed E-state index contributed by atoms with van der Waals surface area (Å²) in [4.78, 5) is 75.8. The maximum absolute atomic E-state index is 13.2. The molecule has 0 saturated carbocycles. The van der Waals surface area contributed by atoms with Crippen molar-refractivity contribution in [3.05, 3.63) is 46.3 Å². The van der Waals surface area contributed by atoms with Gasteiger partial charge in [-0.2, -0.15) is 0 Å². The third-order valence-electron chi connectivity index (χ3n) is 6.82. The van der Waals surface area contributed by atoms with Crippen molar-refractivity contribution in [1.82, 2.24) is 10.6 Å². The molecule has 8 atom stereocenters. The number of azide groups is 1. The average Bonchev–Trinajstić information content (AvgIpc) is 3.02. The van der Waals surface area contributed by atoms with E-state index < -0.39 is 91.1 Å². The van der Waals surface area contributed by atoms with Crippen molar-refractivity contribution < 1.29 is 57.2 Å². The number of carbonyl (C=O) groups excluding carboxylic acids is 6. The molecule has 0 bridgehead atoms. The molecule has 18 nitrogen and oxygen atoms in total. The fraction of sp³-hybridized carbons (Fsp3) is 0.586. The first-order chi connectivity index (χ1) is 22.3. The normalized spacial score (nSPS) is 22.3. The van der Waals surface area contributed by atoms with Crippen LogP contribution in [0.5, 0.6) is 0 Å². The van der Waals surface area contributed by atoms with Gasteiger partial charge in [0.15, 0.2) is 12.4 Å². The zero-order valence-corrected chi connectivity index (χ0v) is 26.7. The van der Waals surface area contributed by atoms with Crippen LogP contribution in [0.3, 0.4) is 0 Å². The van der Waals surface area contributed by atoms with Crippen LogP contribution in [0.1, 0.15) is 46.1 Å². The molecule has 1 aromatic rings. The van der Waals surface area contributed by atoms with E-state index in [-0.39, 0.29) is 19.4 Å². The SMILES string of the molecule is COC(=O)CC[C@@H](NC(=O)[C@H](C)NC(=O)[C@@H](C)O[C@@H]1[C@@H](N=[N+]=[N-])[C@@H](OCc2ccccc2)O[C@H](COC(C)=O)[C@H]1OC(C)=O)C(N)=O. The van der Waals surface area contributed by atoms with Gasteiger partial charge in [0, 0.05) is 25.2 Å². The number of hydrogen-bond acceptors (Lipinski definition) is 13. The first-order valence-corrected chi connectivity index (χ1v) is 14.5. The number of nitrogens with two attached hydrogens (primary N) is 1. The molecule has 0 aromatic heterocycles. The van der Waals surface area contributed by atoms with Crippen LogP contribution >= 0.6 is 0 Å². The zero-order chi connectivity index (χ0) is 35.1. The van der Waals surface area contributed by atoms with Gasteiger partial charge in [-0.1, -0.05) is 35.4 Å². The van der Waals surface area contributed by atoms with Crippen LogP contribution in [0.4, 0.5) is 0 Å². The number of carbonyl (C=O) groups is 6. The standard InChI is InChI=1S/C29H40N6O12/c1-15(27(40)33-20(26(30)39)11-12-22(38)42-5)32-28(41)16(2)45-25-23(34-35-31)29(44-13-19-9-7-6-8-10-19)47-21(14-43-17(3)36)24(25)46-18(4)37/h6-10,15-16,20-21,23-25,29H,11-14H2,1-5H3,(H2,30,39)(H,32,41)(H,33,40)/t15-,16+,20+,21+,23+,24+,25+,29-/m0/s1. The molecule has 2 rings (SSSR count). The predicted molar refractivity (Wildman–Crippen MR) is 159 cm³/mol. The van der Waals surface area contributed by atoms with E-state index in [4.69, 9.17) is 29.4 Å². The second kappa shape index (κ2) is 19.0. The number of nitrogens with one attached hydrogen (secondary N) is 2. The summed E-state index contributed by atoms with van der Waals surface area (Å²) >= 11 is 0. The van der Waals surface area contributed by atoms with Crippen molar-refractivity contribution in [2.45, 2.75) is 96.0 Å². The largest absolute Gasteiger partial charge is 0.469 e. The summed E-state index contributed by atoms with van der Waals surface area (Å²) in [6, 6.07) is 5.21. The van der Waals surface area contributed by atoms with Crippen molar-refractivity contribution in [1.29, 1.82) is 0 Å². The minimum atomic E-state index is -1.37. The van der Waals surface area contributed by atoms with Crippen LogP contribution < -0.4 is 16.4 Å². The van der Waals surface area contributed by atoms with Crippen LogP contribution in [-0.4, -0.2) is 98.2 Å². The molecule has 0 spiro atoms.